The summed E-state index contributed by atoms with van der Waals surface area (Å²) in [5.41, 5.74) is 8.79. The monoisotopic (exact) mass is 277 g/mol. The lowest BCUT2D eigenvalue weighted by atomic mass is 10.0. The highest BCUT2D eigenvalue weighted by molar-refractivity contribution is 5.44. The second kappa shape index (κ2) is 5.25. The van der Waals surface area contributed by atoms with Crippen molar-refractivity contribution >= 4 is 0 Å². The van der Waals surface area contributed by atoms with E-state index in [9.17, 15) is 4.39 Å². The van der Waals surface area contributed by atoms with Crippen LogP contribution in [0.1, 0.15) is 35.5 Å². The summed E-state index contributed by atoms with van der Waals surface area (Å²) >= 11 is 0. The molecular formula is C15H20FN3O. The molecule has 5 heteroatoms. The van der Waals surface area contributed by atoms with Gasteiger partial charge in [-0.1, -0.05) is 0 Å². The molecule has 0 aliphatic rings. The van der Waals surface area contributed by atoms with Gasteiger partial charge < -0.3 is 10.5 Å². The van der Waals surface area contributed by atoms with Crippen LogP contribution >= 0.6 is 0 Å². The van der Waals surface area contributed by atoms with Gasteiger partial charge in [-0.2, -0.15) is 5.10 Å². The molecule has 1 heterocycles. The maximum atomic E-state index is 13.7. The normalized spacial score (nSPS) is 12.6. The molecule has 0 radical (unpaired) electrons. The molecule has 0 saturated carbocycles. The molecule has 0 saturated heterocycles. The summed E-state index contributed by atoms with van der Waals surface area (Å²) in [6, 6.07) is 2.81. The molecule has 0 unspecified atom stereocenters. The second-order valence-corrected chi connectivity index (χ2v) is 5.15. The molecule has 0 bridgehead atoms. The average molecular weight is 277 g/mol. The molecule has 108 valence electrons. The molecule has 20 heavy (non-hydrogen) atoms. The van der Waals surface area contributed by atoms with Crippen molar-refractivity contribution in [3.05, 3.63) is 40.5 Å². The number of hydrogen-bond acceptors (Lipinski definition) is 3. The molecule has 2 rings (SSSR count). The molecule has 0 aliphatic carbocycles. The van der Waals surface area contributed by atoms with Crippen LogP contribution in [0.2, 0.25) is 0 Å². The zero-order valence-electron chi connectivity index (χ0n) is 12.5. The molecule has 2 N–H and O–H groups in total. The van der Waals surface area contributed by atoms with Crippen molar-refractivity contribution in [2.45, 2.75) is 33.7 Å². The number of aryl methyl sites for hydroxylation is 3. The third-order valence-corrected chi connectivity index (χ3v) is 3.44. The van der Waals surface area contributed by atoms with E-state index >= 15 is 0 Å². The van der Waals surface area contributed by atoms with E-state index in [1.807, 2.05) is 20.9 Å². The van der Waals surface area contributed by atoms with E-state index in [1.165, 1.54) is 6.07 Å². The first kappa shape index (κ1) is 14.5. The van der Waals surface area contributed by atoms with E-state index in [0.717, 1.165) is 11.4 Å². The van der Waals surface area contributed by atoms with E-state index in [1.54, 1.807) is 24.6 Å². The summed E-state index contributed by atoms with van der Waals surface area (Å²) in [5.74, 6) is 1.00. The zero-order valence-corrected chi connectivity index (χ0v) is 12.5. The fraction of sp³-hybridized carbons (Fsp3) is 0.400. The molecule has 0 fully saturated rings. The van der Waals surface area contributed by atoms with Crippen molar-refractivity contribution in [1.29, 1.82) is 0 Å². The van der Waals surface area contributed by atoms with Crippen LogP contribution in [0.15, 0.2) is 12.1 Å². The van der Waals surface area contributed by atoms with Crippen LogP contribution in [0.25, 0.3) is 0 Å². The number of nitrogens with two attached hydrogens (primary N) is 1. The molecule has 2 aromatic rings. The van der Waals surface area contributed by atoms with Crippen LogP contribution in [-0.4, -0.2) is 9.78 Å². The van der Waals surface area contributed by atoms with Crippen molar-refractivity contribution in [3.63, 3.8) is 0 Å². The first-order chi connectivity index (χ1) is 9.31. The van der Waals surface area contributed by atoms with Gasteiger partial charge in [-0.15, -0.1) is 0 Å². The van der Waals surface area contributed by atoms with E-state index in [2.05, 4.69) is 5.10 Å². The average Bonchev–Trinajstić information content (AvgIpc) is 2.60. The number of aromatic nitrogens is 2. The van der Waals surface area contributed by atoms with Crippen molar-refractivity contribution in [2.75, 3.05) is 0 Å². The Morgan fingerprint density at radius 3 is 2.45 bits per heavy atom. The summed E-state index contributed by atoms with van der Waals surface area (Å²) in [6.07, 6.45) is 0. The molecule has 0 spiro atoms. The van der Waals surface area contributed by atoms with Gasteiger partial charge in [0, 0.05) is 18.7 Å². The number of halogens is 1. The van der Waals surface area contributed by atoms with Crippen LogP contribution in [0.3, 0.4) is 0 Å². The summed E-state index contributed by atoms with van der Waals surface area (Å²) in [4.78, 5) is 0. The number of hydrogen-bond donors (Lipinski definition) is 1. The van der Waals surface area contributed by atoms with E-state index in [4.69, 9.17) is 10.5 Å². The number of ether oxygens (including phenoxy) is 1. The smallest absolute Gasteiger partial charge is 0.171 e. The minimum atomic E-state index is -0.308. The van der Waals surface area contributed by atoms with E-state index in [-0.39, 0.29) is 11.9 Å². The Balaban J connectivity index is 2.50. The largest absolute Gasteiger partial charge is 0.453 e. The quantitative estimate of drug-likeness (QED) is 0.936. The summed E-state index contributed by atoms with van der Waals surface area (Å²) in [7, 11) is 1.86. The minimum absolute atomic E-state index is 0.274. The second-order valence-electron chi connectivity index (χ2n) is 5.15. The van der Waals surface area contributed by atoms with Crippen LogP contribution in [0.4, 0.5) is 4.39 Å². The lowest BCUT2D eigenvalue weighted by Gasteiger charge is -2.15. The topological polar surface area (TPSA) is 53.1 Å². The molecule has 1 aromatic carbocycles. The number of rotatable bonds is 3. The first-order valence-electron chi connectivity index (χ1n) is 6.55. The molecule has 1 aromatic heterocycles. The Labute approximate surface area is 118 Å². The summed E-state index contributed by atoms with van der Waals surface area (Å²) in [6.45, 7) is 7.32. The fourth-order valence-corrected chi connectivity index (χ4v) is 2.13. The SMILES string of the molecule is Cc1cc(Oc2c(C)nn(C)c2C)c([C@@H](C)N)cc1F. The number of benzene rings is 1. The third kappa shape index (κ3) is 2.54. The Kier molecular flexibility index (Phi) is 3.81. The van der Waals surface area contributed by atoms with Gasteiger partial charge in [0.1, 0.15) is 17.3 Å². The third-order valence-electron chi connectivity index (χ3n) is 3.44. The van der Waals surface area contributed by atoms with E-state index in [0.29, 0.717) is 22.6 Å². The van der Waals surface area contributed by atoms with Gasteiger partial charge in [0.05, 0.1) is 5.69 Å². The van der Waals surface area contributed by atoms with Gasteiger partial charge in [0.15, 0.2) is 5.75 Å². The standard InChI is InChI=1S/C15H20FN3O/c1-8-6-14(12(9(2)17)7-13(8)16)20-15-10(3)18-19(5)11(15)4/h6-7,9H,17H2,1-5H3/t9-/m1/s1. The van der Waals surface area contributed by atoms with Crippen molar-refractivity contribution in [1.82, 2.24) is 9.78 Å². The van der Waals surface area contributed by atoms with Crippen LogP contribution in [0, 0.1) is 26.6 Å². The van der Waals surface area contributed by atoms with Crippen molar-refractivity contribution in [3.8, 4) is 11.5 Å². The molecular weight excluding hydrogens is 257 g/mol. The molecule has 0 amide bonds. The van der Waals surface area contributed by atoms with Gasteiger partial charge in [-0.25, -0.2) is 4.39 Å². The number of nitrogens with zero attached hydrogens (tertiary/aromatic N) is 2. The van der Waals surface area contributed by atoms with Gasteiger partial charge in [-0.3, -0.25) is 4.68 Å². The summed E-state index contributed by atoms with van der Waals surface area (Å²) in [5, 5.41) is 4.31. The van der Waals surface area contributed by atoms with Gasteiger partial charge in [-0.05, 0) is 45.4 Å². The van der Waals surface area contributed by atoms with Crippen LogP contribution < -0.4 is 10.5 Å². The molecule has 1 atom stereocenters. The highest BCUT2D eigenvalue weighted by Gasteiger charge is 2.17. The molecule has 0 aliphatic heterocycles. The Morgan fingerprint density at radius 2 is 1.95 bits per heavy atom. The Hall–Kier alpha value is -1.88. The lowest BCUT2D eigenvalue weighted by molar-refractivity contribution is 0.460. The van der Waals surface area contributed by atoms with Gasteiger partial charge in [0.2, 0.25) is 0 Å². The predicted molar refractivity (Wildman–Crippen MR) is 76.5 cm³/mol. The maximum Gasteiger partial charge on any atom is 0.171 e. The Morgan fingerprint density at radius 1 is 1.30 bits per heavy atom. The van der Waals surface area contributed by atoms with Crippen molar-refractivity contribution in [2.24, 2.45) is 12.8 Å². The highest BCUT2D eigenvalue weighted by Crippen LogP contribution is 2.34. The van der Waals surface area contributed by atoms with Gasteiger partial charge >= 0.3 is 0 Å². The van der Waals surface area contributed by atoms with Crippen molar-refractivity contribution < 1.29 is 9.13 Å². The zero-order chi connectivity index (χ0) is 15.0. The predicted octanol–water partition coefficient (Wildman–Crippen LogP) is 3.30. The minimum Gasteiger partial charge on any atom is -0.453 e. The van der Waals surface area contributed by atoms with Gasteiger partial charge in [0.25, 0.3) is 0 Å². The maximum absolute atomic E-state index is 13.7. The van der Waals surface area contributed by atoms with Crippen LogP contribution in [0.5, 0.6) is 11.5 Å². The van der Waals surface area contributed by atoms with Crippen LogP contribution in [-0.2, 0) is 7.05 Å². The Bertz CT molecular complexity index is 647. The molecule has 4 nitrogen and oxygen atoms in total. The highest BCUT2D eigenvalue weighted by atomic mass is 19.1. The fourth-order valence-electron chi connectivity index (χ4n) is 2.13. The first-order valence-corrected chi connectivity index (χ1v) is 6.55. The lowest BCUT2D eigenvalue weighted by Crippen LogP contribution is -2.08. The summed E-state index contributed by atoms with van der Waals surface area (Å²) < 4.78 is 21.4. The van der Waals surface area contributed by atoms with E-state index < -0.39 is 0 Å².